The van der Waals surface area contributed by atoms with E-state index in [-0.39, 0.29) is 18.0 Å². The van der Waals surface area contributed by atoms with Gasteiger partial charge in [-0.1, -0.05) is 0 Å². The van der Waals surface area contributed by atoms with E-state index in [0.717, 1.165) is 0 Å². The molecule has 19 heavy (non-hydrogen) atoms. The molecule has 0 aliphatic carbocycles. The van der Waals surface area contributed by atoms with Gasteiger partial charge in [0.05, 0.1) is 17.8 Å². The fraction of sp³-hybridized carbons (Fsp3) is 0.250. The third-order valence-corrected chi connectivity index (χ3v) is 3.10. The van der Waals surface area contributed by atoms with Gasteiger partial charge in [0.15, 0.2) is 0 Å². The SMILES string of the molecule is CC(=O)N(C)CC(=O)Nc1cc(C(=O)O)ccc1Br. The summed E-state index contributed by atoms with van der Waals surface area (Å²) in [5, 5.41) is 11.4. The van der Waals surface area contributed by atoms with Gasteiger partial charge >= 0.3 is 5.97 Å². The van der Waals surface area contributed by atoms with Crippen molar-refractivity contribution in [2.45, 2.75) is 6.92 Å². The van der Waals surface area contributed by atoms with Gasteiger partial charge in [0.1, 0.15) is 0 Å². The van der Waals surface area contributed by atoms with Crippen LogP contribution in [0, 0.1) is 0 Å². The number of aromatic carboxylic acids is 1. The molecular formula is C12H13BrN2O4. The van der Waals surface area contributed by atoms with E-state index < -0.39 is 11.9 Å². The molecule has 1 aromatic rings. The number of carbonyl (C=O) groups is 3. The van der Waals surface area contributed by atoms with Gasteiger partial charge < -0.3 is 15.3 Å². The zero-order valence-corrected chi connectivity index (χ0v) is 12.0. The monoisotopic (exact) mass is 328 g/mol. The standard InChI is InChI=1S/C12H13BrN2O4/c1-7(16)15(2)6-11(17)14-10-5-8(12(18)19)3-4-9(10)13/h3-5H,6H2,1-2H3,(H,14,17)(H,18,19). The number of nitrogens with one attached hydrogen (secondary N) is 1. The van der Waals surface area contributed by atoms with Crippen LogP contribution in [0.5, 0.6) is 0 Å². The van der Waals surface area contributed by atoms with E-state index in [1.165, 1.54) is 37.1 Å². The second kappa shape index (κ2) is 6.33. The highest BCUT2D eigenvalue weighted by Gasteiger charge is 2.12. The van der Waals surface area contributed by atoms with Crippen LogP contribution < -0.4 is 5.32 Å². The van der Waals surface area contributed by atoms with Crippen LogP contribution in [-0.2, 0) is 9.59 Å². The number of nitrogens with zero attached hydrogens (tertiary/aromatic N) is 1. The van der Waals surface area contributed by atoms with Crippen LogP contribution in [0.25, 0.3) is 0 Å². The molecule has 6 nitrogen and oxygen atoms in total. The Hall–Kier alpha value is -1.89. The predicted octanol–water partition coefficient (Wildman–Crippen LogP) is 1.56. The maximum Gasteiger partial charge on any atom is 0.335 e. The Morgan fingerprint density at radius 2 is 2.00 bits per heavy atom. The predicted molar refractivity (Wildman–Crippen MR) is 73.0 cm³/mol. The normalized spacial score (nSPS) is 9.84. The van der Waals surface area contributed by atoms with E-state index in [0.29, 0.717) is 10.2 Å². The van der Waals surface area contributed by atoms with Crippen LogP contribution in [0.15, 0.2) is 22.7 Å². The van der Waals surface area contributed by atoms with E-state index in [4.69, 9.17) is 5.11 Å². The summed E-state index contributed by atoms with van der Waals surface area (Å²) >= 11 is 3.22. The molecule has 0 heterocycles. The fourth-order valence-corrected chi connectivity index (χ4v) is 1.62. The lowest BCUT2D eigenvalue weighted by Crippen LogP contribution is -2.33. The van der Waals surface area contributed by atoms with Crippen LogP contribution in [0.3, 0.4) is 0 Å². The highest BCUT2D eigenvalue weighted by molar-refractivity contribution is 9.10. The van der Waals surface area contributed by atoms with E-state index >= 15 is 0 Å². The van der Waals surface area contributed by atoms with Gasteiger partial charge in [-0.2, -0.15) is 0 Å². The van der Waals surface area contributed by atoms with Crippen molar-refractivity contribution in [3.05, 3.63) is 28.2 Å². The summed E-state index contributed by atoms with van der Waals surface area (Å²) in [5.74, 6) is -1.71. The van der Waals surface area contributed by atoms with E-state index in [1.54, 1.807) is 0 Å². The van der Waals surface area contributed by atoms with Crippen LogP contribution in [0.2, 0.25) is 0 Å². The number of carboxylic acids is 1. The molecule has 0 saturated carbocycles. The maximum atomic E-state index is 11.7. The second-order valence-corrected chi connectivity index (χ2v) is 4.78. The largest absolute Gasteiger partial charge is 0.478 e. The average Bonchev–Trinajstić information content (AvgIpc) is 2.31. The topological polar surface area (TPSA) is 86.7 Å². The Kier molecular flexibility index (Phi) is 5.05. The zero-order valence-electron chi connectivity index (χ0n) is 10.4. The molecule has 1 rings (SSSR count). The van der Waals surface area contributed by atoms with Crippen LogP contribution in [0.1, 0.15) is 17.3 Å². The molecule has 0 aliphatic rings. The Balaban J connectivity index is 2.81. The fourth-order valence-electron chi connectivity index (χ4n) is 1.27. The molecular weight excluding hydrogens is 316 g/mol. The second-order valence-electron chi connectivity index (χ2n) is 3.92. The van der Waals surface area contributed by atoms with Gasteiger partial charge in [-0.05, 0) is 34.1 Å². The first-order valence-corrected chi connectivity index (χ1v) is 6.15. The minimum Gasteiger partial charge on any atom is -0.478 e. The van der Waals surface area contributed by atoms with Crippen molar-refractivity contribution in [1.29, 1.82) is 0 Å². The van der Waals surface area contributed by atoms with Gasteiger partial charge in [-0.25, -0.2) is 4.79 Å². The number of anilines is 1. The molecule has 2 N–H and O–H groups in total. The Bertz CT molecular complexity index is 530. The van der Waals surface area contributed by atoms with Crippen molar-refractivity contribution in [2.24, 2.45) is 0 Å². The van der Waals surface area contributed by atoms with Crippen molar-refractivity contribution < 1.29 is 19.5 Å². The number of amides is 2. The molecule has 0 fully saturated rings. The molecule has 102 valence electrons. The molecule has 0 aliphatic heterocycles. The maximum absolute atomic E-state index is 11.7. The lowest BCUT2D eigenvalue weighted by molar-refractivity contribution is -0.131. The Morgan fingerprint density at radius 3 is 2.53 bits per heavy atom. The van der Waals surface area contributed by atoms with Gasteiger partial charge in [-0.15, -0.1) is 0 Å². The first kappa shape index (κ1) is 15.2. The summed E-state index contributed by atoms with van der Waals surface area (Å²) in [6.07, 6.45) is 0. The number of carboxylic acid groups (broad SMARTS) is 1. The Labute approximate surface area is 118 Å². The summed E-state index contributed by atoms with van der Waals surface area (Å²) < 4.78 is 0.566. The first-order chi connectivity index (χ1) is 8.81. The molecule has 1 aromatic carbocycles. The molecule has 2 amide bonds. The van der Waals surface area contributed by atoms with Gasteiger partial charge in [0, 0.05) is 18.4 Å². The van der Waals surface area contributed by atoms with E-state index in [1.807, 2.05) is 0 Å². The number of likely N-dealkylation sites (N-methyl/N-ethyl adjacent to an activating group) is 1. The number of hydrogen-bond donors (Lipinski definition) is 2. The van der Waals surface area contributed by atoms with Gasteiger partial charge in [-0.3, -0.25) is 9.59 Å². The smallest absolute Gasteiger partial charge is 0.335 e. The van der Waals surface area contributed by atoms with Crippen molar-refractivity contribution in [1.82, 2.24) is 4.90 Å². The molecule has 0 saturated heterocycles. The lowest BCUT2D eigenvalue weighted by Gasteiger charge is -2.15. The van der Waals surface area contributed by atoms with E-state index in [2.05, 4.69) is 21.2 Å². The number of rotatable bonds is 4. The molecule has 7 heteroatoms. The van der Waals surface area contributed by atoms with Crippen molar-refractivity contribution >= 4 is 39.4 Å². The van der Waals surface area contributed by atoms with Crippen molar-refractivity contribution in [3.63, 3.8) is 0 Å². The average molecular weight is 329 g/mol. The van der Waals surface area contributed by atoms with Crippen molar-refractivity contribution in [2.75, 3.05) is 18.9 Å². The molecule has 0 radical (unpaired) electrons. The molecule has 0 spiro atoms. The van der Waals surface area contributed by atoms with E-state index in [9.17, 15) is 14.4 Å². The molecule has 0 aromatic heterocycles. The quantitative estimate of drug-likeness (QED) is 0.878. The lowest BCUT2D eigenvalue weighted by atomic mass is 10.2. The third kappa shape index (κ3) is 4.36. The van der Waals surface area contributed by atoms with Crippen LogP contribution in [-0.4, -0.2) is 41.4 Å². The van der Waals surface area contributed by atoms with Gasteiger partial charge in [0.25, 0.3) is 0 Å². The summed E-state index contributed by atoms with van der Waals surface area (Å²) in [4.78, 5) is 34.8. The van der Waals surface area contributed by atoms with Gasteiger partial charge in [0.2, 0.25) is 11.8 Å². The number of halogens is 1. The highest BCUT2D eigenvalue weighted by Crippen LogP contribution is 2.23. The van der Waals surface area contributed by atoms with Crippen LogP contribution >= 0.6 is 15.9 Å². The molecule has 0 atom stereocenters. The number of benzene rings is 1. The number of hydrogen-bond acceptors (Lipinski definition) is 3. The minimum absolute atomic E-state index is 0.0680. The minimum atomic E-state index is -1.08. The molecule has 0 unspecified atom stereocenters. The number of carbonyl (C=O) groups excluding carboxylic acids is 2. The Morgan fingerprint density at radius 1 is 1.37 bits per heavy atom. The summed E-state index contributed by atoms with van der Waals surface area (Å²) in [6, 6.07) is 4.30. The third-order valence-electron chi connectivity index (χ3n) is 2.41. The summed E-state index contributed by atoms with van der Waals surface area (Å²) in [6.45, 7) is 1.26. The zero-order chi connectivity index (χ0) is 14.6. The van der Waals surface area contributed by atoms with Crippen molar-refractivity contribution in [3.8, 4) is 0 Å². The van der Waals surface area contributed by atoms with Crippen LogP contribution in [0.4, 0.5) is 5.69 Å². The summed E-state index contributed by atoms with van der Waals surface area (Å²) in [7, 11) is 1.50. The first-order valence-electron chi connectivity index (χ1n) is 5.35. The molecule has 0 bridgehead atoms. The highest BCUT2D eigenvalue weighted by atomic mass is 79.9. The summed E-state index contributed by atoms with van der Waals surface area (Å²) in [5.41, 5.74) is 0.417.